The topological polar surface area (TPSA) is 75.9 Å². The predicted molar refractivity (Wildman–Crippen MR) is 94.0 cm³/mol. The van der Waals surface area contributed by atoms with Crippen molar-refractivity contribution in [2.75, 3.05) is 18.4 Å². The van der Waals surface area contributed by atoms with E-state index in [9.17, 15) is 4.79 Å². The number of nitrogens with zero attached hydrogens (tertiary/aromatic N) is 5. The minimum Gasteiger partial charge on any atom is -0.366 e. The summed E-state index contributed by atoms with van der Waals surface area (Å²) in [4.78, 5) is 14.7. The van der Waals surface area contributed by atoms with Gasteiger partial charge in [-0.3, -0.25) is 9.48 Å². The van der Waals surface area contributed by atoms with Gasteiger partial charge < -0.3 is 10.2 Å². The molecular formula is C18H24N6O. The quantitative estimate of drug-likeness (QED) is 0.917. The molecule has 4 rings (SSSR count). The summed E-state index contributed by atoms with van der Waals surface area (Å²) >= 11 is 0. The van der Waals surface area contributed by atoms with E-state index in [4.69, 9.17) is 0 Å². The fourth-order valence-electron chi connectivity index (χ4n) is 3.63. The molecule has 25 heavy (non-hydrogen) atoms. The Bertz CT molecular complexity index is 747. The number of hydrogen-bond donors (Lipinski definition) is 1. The molecule has 0 radical (unpaired) electrons. The highest BCUT2D eigenvalue weighted by Gasteiger charge is 2.46. The molecule has 7 nitrogen and oxygen atoms in total. The Morgan fingerprint density at radius 3 is 2.68 bits per heavy atom. The molecule has 1 aliphatic carbocycles. The average Bonchev–Trinajstić information content (AvgIpc) is 3.31. The maximum atomic E-state index is 12.7. The zero-order valence-corrected chi connectivity index (χ0v) is 14.7. The maximum Gasteiger partial charge on any atom is 0.226 e. The van der Waals surface area contributed by atoms with Gasteiger partial charge in [-0.2, -0.15) is 10.2 Å². The minimum absolute atomic E-state index is 0.150. The Morgan fingerprint density at radius 1 is 1.24 bits per heavy atom. The van der Waals surface area contributed by atoms with Gasteiger partial charge in [-0.1, -0.05) is 0 Å². The van der Waals surface area contributed by atoms with Crippen LogP contribution in [0.5, 0.6) is 0 Å². The standard InChI is InChI=1S/C18H24N6O/c1-12-3-4-17(22-21-12)20-14-5-7-24(8-6-14)18(25)16-9-15(16)13-10-19-23(2)11-13/h3-4,10-11,14-16H,5-9H2,1-2H3,(H,20,22)/t15-,16-/m1/s1. The number of anilines is 1. The highest BCUT2D eigenvalue weighted by Crippen LogP contribution is 2.48. The van der Waals surface area contributed by atoms with Gasteiger partial charge in [0.2, 0.25) is 5.91 Å². The average molecular weight is 340 g/mol. The second-order valence-electron chi connectivity index (χ2n) is 7.20. The molecule has 1 aliphatic heterocycles. The van der Waals surface area contributed by atoms with Crippen molar-refractivity contribution in [2.45, 2.75) is 38.1 Å². The summed E-state index contributed by atoms with van der Waals surface area (Å²) in [5.41, 5.74) is 2.11. The molecule has 1 saturated heterocycles. The molecule has 2 fully saturated rings. The lowest BCUT2D eigenvalue weighted by Gasteiger charge is -2.32. The van der Waals surface area contributed by atoms with Crippen molar-refractivity contribution in [1.82, 2.24) is 24.9 Å². The van der Waals surface area contributed by atoms with Gasteiger partial charge in [-0.25, -0.2) is 0 Å². The highest BCUT2D eigenvalue weighted by atomic mass is 16.2. The Morgan fingerprint density at radius 2 is 2.04 bits per heavy atom. The molecule has 2 aromatic rings. The molecule has 2 atom stereocenters. The number of rotatable bonds is 4. The van der Waals surface area contributed by atoms with Crippen LogP contribution in [0.1, 0.15) is 36.4 Å². The Labute approximate surface area is 147 Å². The second-order valence-corrected chi connectivity index (χ2v) is 7.20. The first-order valence-electron chi connectivity index (χ1n) is 8.94. The molecule has 3 heterocycles. The van der Waals surface area contributed by atoms with Crippen LogP contribution in [0.4, 0.5) is 5.82 Å². The number of nitrogens with one attached hydrogen (secondary N) is 1. The Kier molecular flexibility index (Phi) is 4.15. The first-order valence-corrected chi connectivity index (χ1v) is 8.94. The van der Waals surface area contributed by atoms with E-state index in [2.05, 4.69) is 20.6 Å². The minimum atomic E-state index is 0.150. The molecule has 7 heteroatoms. The fraction of sp³-hybridized carbons (Fsp3) is 0.556. The summed E-state index contributed by atoms with van der Waals surface area (Å²) in [6.45, 7) is 3.55. The zero-order chi connectivity index (χ0) is 17.4. The van der Waals surface area contributed by atoms with Crippen LogP contribution in [0.2, 0.25) is 0 Å². The molecule has 0 aromatic carbocycles. The van der Waals surface area contributed by atoms with Crippen LogP contribution in [0.15, 0.2) is 24.5 Å². The molecular weight excluding hydrogens is 316 g/mol. The van der Waals surface area contributed by atoms with Gasteiger partial charge in [0, 0.05) is 38.3 Å². The lowest BCUT2D eigenvalue weighted by atomic mass is 10.0. The van der Waals surface area contributed by atoms with Gasteiger partial charge >= 0.3 is 0 Å². The van der Waals surface area contributed by atoms with Crippen LogP contribution in [-0.4, -0.2) is 49.9 Å². The summed E-state index contributed by atoms with van der Waals surface area (Å²) in [6.07, 6.45) is 6.77. The third kappa shape index (κ3) is 3.50. The van der Waals surface area contributed by atoms with Crippen LogP contribution in [0.25, 0.3) is 0 Å². The number of likely N-dealkylation sites (tertiary alicyclic amines) is 1. The smallest absolute Gasteiger partial charge is 0.226 e. The lowest BCUT2D eigenvalue weighted by molar-refractivity contribution is -0.133. The summed E-state index contributed by atoms with van der Waals surface area (Å²) in [6, 6.07) is 4.27. The highest BCUT2D eigenvalue weighted by molar-refractivity contribution is 5.83. The van der Waals surface area contributed by atoms with Crippen molar-refractivity contribution in [3.8, 4) is 0 Å². The monoisotopic (exact) mass is 340 g/mol. The van der Waals surface area contributed by atoms with E-state index >= 15 is 0 Å². The zero-order valence-electron chi connectivity index (χ0n) is 14.7. The van der Waals surface area contributed by atoms with E-state index < -0.39 is 0 Å². The molecule has 132 valence electrons. The summed E-state index contributed by atoms with van der Waals surface area (Å²) in [5.74, 6) is 1.63. The van der Waals surface area contributed by atoms with Crippen LogP contribution in [0, 0.1) is 12.8 Å². The normalized spacial score (nSPS) is 23.5. The fourth-order valence-corrected chi connectivity index (χ4v) is 3.63. The SMILES string of the molecule is Cc1ccc(NC2CCN(C(=O)[C@@H]3C[C@@H]3c3cnn(C)c3)CC2)nn1. The number of aromatic nitrogens is 4. The number of aryl methyl sites for hydroxylation is 2. The molecule has 1 amide bonds. The van der Waals surface area contributed by atoms with E-state index in [0.717, 1.165) is 43.9 Å². The second kappa shape index (κ2) is 6.46. The molecule has 2 aliphatic rings. The Hall–Kier alpha value is -2.44. The van der Waals surface area contributed by atoms with E-state index in [-0.39, 0.29) is 5.92 Å². The number of carbonyl (C=O) groups is 1. The van der Waals surface area contributed by atoms with Crippen molar-refractivity contribution in [1.29, 1.82) is 0 Å². The van der Waals surface area contributed by atoms with Crippen LogP contribution in [-0.2, 0) is 11.8 Å². The molecule has 1 N–H and O–H groups in total. The van der Waals surface area contributed by atoms with Gasteiger partial charge in [0.25, 0.3) is 0 Å². The van der Waals surface area contributed by atoms with E-state index in [0.29, 0.717) is 17.9 Å². The van der Waals surface area contributed by atoms with Crippen molar-refractivity contribution < 1.29 is 4.79 Å². The number of piperidine rings is 1. The van der Waals surface area contributed by atoms with Crippen molar-refractivity contribution in [2.24, 2.45) is 13.0 Å². The van der Waals surface area contributed by atoms with Crippen LogP contribution >= 0.6 is 0 Å². The first-order chi connectivity index (χ1) is 12.1. The number of hydrogen-bond acceptors (Lipinski definition) is 5. The maximum absolute atomic E-state index is 12.7. The predicted octanol–water partition coefficient (Wildman–Crippen LogP) is 1.73. The summed E-state index contributed by atoms with van der Waals surface area (Å²) in [5, 5.41) is 15.9. The molecule has 2 aromatic heterocycles. The van der Waals surface area contributed by atoms with Crippen molar-refractivity contribution in [3.63, 3.8) is 0 Å². The van der Waals surface area contributed by atoms with E-state index in [1.807, 2.05) is 43.4 Å². The number of carbonyl (C=O) groups excluding carboxylic acids is 1. The van der Waals surface area contributed by atoms with Gasteiger partial charge in [0.05, 0.1) is 11.9 Å². The third-order valence-corrected chi connectivity index (χ3v) is 5.22. The summed E-state index contributed by atoms with van der Waals surface area (Å²) < 4.78 is 1.81. The van der Waals surface area contributed by atoms with Gasteiger partial charge in [-0.05, 0) is 49.8 Å². The molecule has 1 saturated carbocycles. The van der Waals surface area contributed by atoms with Crippen molar-refractivity contribution >= 4 is 11.7 Å². The van der Waals surface area contributed by atoms with Crippen LogP contribution < -0.4 is 5.32 Å². The van der Waals surface area contributed by atoms with Gasteiger partial charge in [-0.15, -0.1) is 5.10 Å². The third-order valence-electron chi connectivity index (χ3n) is 5.22. The molecule has 0 spiro atoms. The van der Waals surface area contributed by atoms with Gasteiger partial charge in [0.15, 0.2) is 0 Å². The van der Waals surface area contributed by atoms with Crippen LogP contribution in [0.3, 0.4) is 0 Å². The number of amides is 1. The lowest BCUT2D eigenvalue weighted by Crippen LogP contribution is -2.43. The molecule has 0 bridgehead atoms. The Balaban J connectivity index is 1.27. The van der Waals surface area contributed by atoms with Gasteiger partial charge in [0.1, 0.15) is 5.82 Å². The first kappa shape index (κ1) is 16.1. The van der Waals surface area contributed by atoms with E-state index in [1.165, 1.54) is 5.56 Å². The largest absolute Gasteiger partial charge is 0.366 e. The molecule has 0 unspecified atom stereocenters. The summed E-state index contributed by atoms with van der Waals surface area (Å²) in [7, 11) is 1.92. The van der Waals surface area contributed by atoms with E-state index in [1.54, 1.807) is 4.68 Å². The van der Waals surface area contributed by atoms with Crippen molar-refractivity contribution in [3.05, 3.63) is 35.8 Å².